The minimum absolute atomic E-state index is 0.0776. The number of amides is 2. The zero-order chi connectivity index (χ0) is 25.8. The average molecular weight is 483 g/mol. The molecule has 4 N–H and O–H groups in total. The molecule has 0 aliphatic carbocycles. The lowest BCUT2D eigenvalue weighted by Gasteiger charge is -2.19. The van der Waals surface area contributed by atoms with Crippen molar-refractivity contribution in [3.8, 4) is 0 Å². The average Bonchev–Trinajstić information content (AvgIpc) is 3.21. The number of aryl methyl sites for hydroxylation is 1. The largest absolute Gasteiger partial charge is 0.444 e. The van der Waals surface area contributed by atoms with Crippen LogP contribution in [0.15, 0.2) is 35.3 Å². The minimum Gasteiger partial charge on any atom is -0.444 e. The van der Waals surface area contributed by atoms with Gasteiger partial charge in [0.25, 0.3) is 5.56 Å². The van der Waals surface area contributed by atoms with E-state index in [1.807, 2.05) is 0 Å². The molecular formula is C25H34N6O4. The third-order valence-corrected chi connectivity index (χ3v) is 5.36. The molecule has 0 bridgehead atoms. The number of alkyl carbamates (subject to hydrolysis) is 1. The molecule has 2 heterocycles. The Kier molecular flexibility index (Phi) is 7.93. The Balaban J connectivity index is 1.59. The molecule has 10 heteroatoms. The molecule has 3 rings (SSSR count). The first-order valence-electron chi connectivity index (χ1n) is 11.7. The Morgan fingerprint density at radius 2 is 1.91 bits per heavy atom. The van der Waals surface area contributed by atoms with Gasteiger partial charge in [0.15, 0.2) is 0 Å². The summed E-state index contributed by atoms with van der Waals surface area (Å²) in [5, 5.41) is 16.5. The van der Waals surface area contributed by atoms with Gasteiger partial charge in [0.2, 0.25) is 5.91 Å². The molecule has 1 aliphatic heterocycles. The standard InChI is InChI=1S/C25H34N6O4/c1-15(2)12-27-18-14-28-20-11-10-19(31(20)23(18)33)22(32)29-13-16-6-8-17(9-7-16)21(26)30-24(34)35-25(3,4)5/h6-9,14-15,19,27H,10-13H2,1-5H3,(H,29,32)(H2,26,30,34)/t19-/m0/s1. The molecule has 0 saturated heterocycles. The van der Waals surface area contributed by atoms with E-state index < -0.39 is 17.7 Å². The van der Waals surface area contributed by atoms with Gasteiger partial charge in [-0.3, -0.25) is 24.9 Å². The molecule has 0 fully saturated rings. The van der Waals surface area contributed by atoms with Crippen LogP contribution in [0.5, 0.6) is 0 Å². The van der Waals surface area contributed by atoms with Crippen LogP contribution >= 0.6 is 0 Å². The van der Waals surface area contributed by atoms with Gasteiger partial charge in [-0.05, 0) is 38.7 Å². The number of carbonyl (C=O) groups excluding carboxylic acids is 2. The summed E-state index contributed by atoms with van der Waals surface area (Å²) < 4.78 is 6.65. The van der Waals surface area contributed by atoms with Gasteiger partial charge in [0.1, 0.15) is 29.0 Å². The number of fused-ring (bicyclic) bond motifs is 1. The Morgan fingerprint density at radius 3 is 2.54 bits per heavy atom. The van der Waals surface area contributed by atoms with Crippen LogP contribution in [0.1, 0.15) is 64.0 Å². The molecule has 1 aliphatic rings. The SMILES string of the molecule is CC(C)CNc1cnc2n(c1=O)[C@H](C(=O)NCc1ccc(C(=N)NC(=O)OC(C)(C)C)cc1)CC2. The summed E-state index contributed by atoms with van der Waals surface area (Å²) in [6, 6.07) is 6.31. The molecule has 188 valence electrons. The van der Waals surface area contributed by atoms with E-state index in [1.165, 1.54) is 4.57 Å². The van der Waals surface area contributed by atoms with Crippen LogP contribution in [0.25, 0.3) is 0 Å². The number of benzene rings is 1. The van der Waals surface area contributed by atoms with E-state index in [9.17, 15) is 14.4 Å². The molecule has 0 radical (unpaired) electrons. The third-order valence-electron chi connectivity index (χ3n) is 5.36. The molecule has 0 saturated carbocycles. The van der Waals surface area contributed by atoms with Crippen LogP contribution < -0.4 is 21.5 Å². The summed E-state index contributed by atoms with van der Waals surface area (Å²) in [5.41, 5.74) is 0.853. The third kappa shape index (κ3) is 6.91. The number of nitrogens with one attached hydrogen (secondary N) is 4. The van der Waals surface area contributed by atoms with Gasteiger partial charge in [-0.15, -0.1) is 0 Å². The zero-order valence-corrected chi connectivity index (χ0v) is 20.9. The van der Waals surface area contributed by atoms with Crippen molar-refractivity contribution in [3.05, 3.63) is 57.8 Å². The summed E-state index contributed by atoms with van der Waals surface area (Å²) in [4.78, 5) is 42.1. The van der Waals surface area contributed by atoms with Crippen LogP contribution in [0.2, 0.25) is 0 Å². The first-order valence-corrected chi connectivity index (χ1v) is 11.7. The minimum atomic E-state index is -0.692. The summed E-state index contributed by atoms with van der Waals surface area (Å²) >= 11 is 0. The topological polar surface area (TPSA) is 138 Å². The lowest BCUT2D eigenvalue weighted by molar-refractivity contribution is -0.124. The van der Waals surface area contributed by atoms with E-state index in [4.69, 9.17) is 10.1 Å². The number of hydrogen-bond donors (Lipinski definition) is 4. The fourth-order valence-electron chi connectivity index (χ4n) is 3.66. The summed E-state index contributed by atoms with van der Waals surface area (Å²) in [6.07, 6.45) is 1.95. The molecule has 0 spiro atoms. The van der Waals surface area contributed by atoms with Crippen LogP contribution in [0.4, 0.5) is 10.5 Å². The van der Waals surface area contributed by atoms with Gasteiger partial charge < -0.3 is 15.4 Å². The van der Waals surface area contributed by atoms with Gasteiger partial charge >= 0.3 is 6.09 Å². The van der Waals surface area contributed by atoms with Crippen LogP contribution in [0.3, 0.4) is 0 Å². The highest BCUT2D eigenvalue weighted by atomic mass is 16.6. The zero-order valence-electron chi connectivity index (χ0n) is 20.9. The van der Waals surface area contributed by atoms with Gasteiger partial charge in [-0.2, -0.15) is 0 Å². The number of carbonyl (C=O) groups is 2. The molecule has 2 aromatic rings. The lowest BCUT2D eigenvalue weighted by Crippen LogP contribution is -2.36. The number of rotatable bonds is 7. The molecular weight excluding hydrogens is 448 g/mol. The van der Waals surface area contributed by atoms with Crippen molar-refractivity contribution >= 4 is 23.5 Å². The van der Waals surface area contributed by atoms with E-state index in [1.54, 1.807) is 51.2 Å². The van der Waals surface area contributed by atoms with Crippen LogP contribution in [0, 0.1) is 11.3 Å². The second kappa shape index (κ2) is 10.7. The van der Waals surface area contributed by atoms with E-state index >= 15 is 0 Å². The summed E-state index contributed by atoms with van der Waals surface area (Å²) in [5.74, 6) is 0.670. The molecule has 0 unspecified atom stereocenters. The second-order valence-electron chi connectivity index (χ2n) is 10.0. The fourth-order valence-corrected chi connectivity index (χ4v) is 3.66. The smallest absolute Gasteiger partial charge is 0.413 e. The molecule has 1 atom stereocenters. The maximum atomic E-state index is 12.9. The number of anilines is 1. The molecule has 2 amide bonds. The lowest BCUT2D eigenvalue weighted by atomic mass is 10.1. The van der Waals surface area contributed by atoms with Gasteiger partial charge in [-0.1, -0.05) is 38.1 Å². The predicted octanol–water partition coefficient (Wildman–Crippen LogP) is 2.96. The highest BCUT2D eigenvalue weighted by molar-refractivity contribution is 6.04. The van der Waals surface area contributed by atoms with E-state index in [2.05, 4.69) is 34.8 Å². The van der Waals surface area contributed by atoms with Crippen LogP contribution in [-0.2, 0) is 22.5 Å². The normalized spacial score (nSPS) is 14.9. The van der Waals surface area contributed by atoms with Crippen molar-refractivity contribution in [1.82, 2.24) is 20.2 Å². The van der Waals surface area contributed by atoms with Gasteiger partial charge in [-0.25, -0.2) is 9.78 Å². The van der Waals surface area contributed by atoms with E-state index in [-0.39, 0.29) is 23.8 Å². The Labute approximate surface area is 205 Å². The number of hydrogen-bond acceptors (Lipinski definition) is 7. The quantitative estimate of drug-likeness (QED) is 0.354. The monoisotopic (exact) mass is 482 g/mol. The Morgan fingerprint density at radius 1 is 1.23 bits per heavy atom. The predicted molar refractivity (Wildman–Crippen MR) is 134 cm³/mol. The summed E-state index contributed by atoms with van der Waals surface area (Å²) in [7, 11) is 0. The maximum absolute atomic E-state index is 12.9. The molecule has 10 nitrogen and oxygen atoms in total. The molecule has 35 heavy (non-hydrogen) atoms. The van der Waals surface area contributed by atoms with Crippen molar-refractivity contribution in [3.63, 3.8) is 0 Å². The number of amidine groups is 1. The van der Waals surface area contributed by atoms with Crippen LogP contribution in [-0.4, -0.2) is 39.5 Å². The van der Waals surface area contributed by atoms with Crippen molar-refractivity contribution in [1.29, 1.82) is 5.41 Å². The van der Waals surface area contributed by atoms with Crippen molar-refractivity contribution in [2.45, 2.75) is 65.6 Å². The first-order chi connectivity index (χ1) is 16.4. The van der Waals surface area contributed by atoms with Crippen molar-refractivity contribution in [2.24, 2.45) is 5.92 Å². The van der Waals surface area contributed by atoms with E-state index in [0.29, 0.717) is 42.4 Å². The van der Waals surface area contributed by atoms with Crippen molar-refractivity contribution < 1.29 is 14.3 Å². The fraction of sp³-hybridized carbons (Fsp3) is 0.480. The highest BCUT2D eigenvalue weighted by Crippen LogP contribution is 2.23. The second-order valence-corrected chi connectivity index (χ2v) is 10.0. The Hall–Kier alpha value is -3.69. The van der Waals surface area contributed by atoms with Gasteiger partial charge in [0.05, 0.1) is 6.20 Å². The van der Waals surface area contributed by atoms with Gasteiger partial charge in [0, 0.05) is 25.1 Å². The molecule has 1 aromatic heterocycles. The number of ether oxygens (including phenoxy) is 1. The first kappa shape index (κ1) is 25.9. The highest BCUT2D eigenvalue weighted by Gasteiger charge is 2.31. The molecule has 1 aromatic carbocycles. The summed E-state index contributed by atoms with van der Waals surface area (Å²) in [6.45, 7) is 10.3. The number of nitrogens with zero attached hydrogens (tertiary/aromatic N) is 2. The number of aromatic nitrogens is 2. The maximum Gasteiger partial charge on any atom is 0.413 e. The van der Waals surface area contributed by atoms with E-state index in [0.717, 1.165) is 5.56 Å². The Bertz CT molecular complexity index is 1150. The van der Waals surface area contributed by atoms with Crippen molar-refractivity contribution in [2.75, 3.05) is 11.9 Å².